The number of halogens is 2. The molecule has 0 unspecified atom stereocenters. The largest absolute Gasteiger partial charge is 0.383 e. The van der Waals surface area contributed by atoms with Crippen LogP contribution in [-0.2, 0) is 4.74 Å². The Labute approximate surface area is 129 Å². The van der Waals surface area contributed by atoms with E-state index in [-0.39, 0.29) is 5.91 Å². The van der Waals surface area contributed by atoms with Crippen molar-refractivity contribution in [2.45, 2.75) is 13.8 Å². The lowest BCUT2D eigenvalue weighted by molar-refractivity contribution is 0.0677. The SMILES string of the molecule is COCCN(CC(C)C)C(=O)c1cc(Br)c(Br)s1. The molecule has 0 fully saturated rings. The summed E-state index contributed by atoms with van der Waals surface area (Å²) in [6.45, 7) is 6.14. The first-order valence-corrected chi connectivity index (χ1v) is 8.09. The highest BCUT2D eigenvalue weighted by Crippen LogP contribution is 2.33. The average Bonchev–Trinajstić information content (AvgIpc) is 2.63. The number of hydrogen-bond donors (Lipinski definition) is 0. The maximum absolute atomic E-state index is 12.4. The second-order valence-corrected chi connectivity index (χ2v) is 7.59. The molecule has 0 saturated heterocycles. The summed E-state index contributed by atoms with van der Waals surface area (Å²) >= 11 is 8.27. The third-order valence-electron chi connectivity index (χ3n) is 2.29. The Morgan fingerprint density at radius 1 is 1.50 bits per heavy atom. The van der Waals surface area contributed by atoms with Crippen LogP contribution in [0.1, 0.15) is 23.5 Å². The van der Waals surface area contributed by atoms with E-state index in [1.807, 2.05) is 11.0 Å². The van der Waals surface area contributed by atoms with Crippen molar-refractivity contribution in [3.05, 3.63) is 19.2 Å². The van der Waals surface area contributed by atoms with Gasteiger partial charge >= 0.3 is 0 Å². The third-order valence-corrected chi connectivity index (χ3v) is 5.54. The van der Waals surface area contributed by atoms with Gasteiger partial charge in [-0.15, -0.1) is 11.3 Å². The summed E-state index contributed by atoms with van der Waals surface area (Å²) in [6, 6.07) is 1.86. The minimum absolute atomic E-state index is 0.0668. The van der Waals surface area contributed by atoms with Crippen LogP contribution < -0.4 is 0 Å². The first-order chi connectivity index (χ1) is 8.45. The Hall–Kier alpha value is 0.0900. The maximum Gasteiger partial charge on any atom is 0.264 e. The van der Waals surface area contributed by atoms with Gasteiger partial charge in [0.1, 0.15) is 0 Å². The summed E-state index contributed by atoms with van der Waals surface area (Å²) in [5.41, 5.74) is 0. The molecule has 0 saturated carbocycles. The van der Waals surface area contributed by atoms with E-state index in [0.29, 0.717) is 19.1 Å². The maximum atomic E-state index is 12.4. The molecule has 1 rings (SSSR count). The lowest BCUT2D eigenvalue weighted by Crippen LogP contribution is -2.36. The minimum Gasteiger partial charge on any atom is -0.383 e. The number of carbonyl (C=O) groups excluding carboxylic acids is 1. The molecule has 1 amide bonds. The summed E-state index contributed by atoms with van der Waals surface area (Å²) < 4.78 is 6.93. The molecule has 0 aliphatic rings. The lowest BCUT2D eigenvalue weighted by Gasteiger charge is -2.23. The number of hydrogen-bond acceptors (Lipinski definition) is 3. The van der Waals surface area contributed by atoms with Gasteiger partial charge in [-0.2, -0.15) is 0 Å². The first-order valence-electron chi connectivity index (χ1n) is 5.68. The van der Waals surface area contributed by atoms with Gasteiger partial charge in [0.2, 0.25) is 0 Å². The highest BCUT2D eigenvalue weighted by atomic mass is 79.9. The van der Waals surface area contributed by atoms with Crippen molar-refractivity contribution in [2.24, 2.45) is 5.92 Å². The Bertz CT molecular complexity index is 387. The van der Waals surface area contributed by atoms with E-state index in [1.54, 1.807) is 7.11 Å². The van der Waals surface area contributed by atoms with Gasteiger partial charge < -0.3 is 9.64 Å². The van der Waals surface area contributed by atoms with Gasteiger partial charge in [0.05, 0.1) is 15.3 Å². The van der Waals surface area contributed by atoms with Crippen molar-refractivity contribution in [1.82, 2.24) is 4.90 Å². The summed E-state index contributed by atoms with van der Waals surface area (Å²) in [7, 11) is 1.65. The fraction of sp³-hybridized carbons (Fsp3) is 0.583. The average molecular weight is 399 g/mol. The zero-order chi connectivity index (χ0) is 13.7. The Morgan fingerprint density at radius 2 is 2.17 bits per heavy atom. The smallest absolute Gasteiger partial charge is 0.264 e. The second kappa shape index (κ2) is 7.62. The highest BCUT2D eigenvalue weighted by molar-refractivity contribution is 9.13. The van der Waals surface area contributed by atoms with Gasteiger partial charge in [-0.05, 0) is 43.8 Å². The van der Waals surface area contributed by atoms with Gasteiger partial charge in [0.25, 0.3) is 5.91 Å². The number of thiophene rings is 1. The molecule has 0 bridgehead atoms. The minimum atomic E-state index is 0.0668. The molecule has 1 heterocycles. The standard InChI is InChI=1S/C12H17Br2NO2S/c1-8(2)7-15(4-5-17-3)12(16)10-6-9(13)11(14)18-10/h6,8H,4-5,7H2,1-3H3. The van der Waals surface area contributed by atoms with Gasteiger partial charge in [-0.3, -0.25) is 4.79 Å². The molecule has 6 heteroatoms. The zero-order valence-electron chi connectivity index (χ0n) is 10.7. The van der Waals surface area contributed by atoms with Crippen LogP contribution in [0.25, 0.3) is 0 Å². The van der Waals surface area contributed by atoms with Crippen LogP contribution in [0.4, 0.5) is 0 Å². The van der Waals surface area contributed by atoms with Crippen molar-refractivity contribution in [3.8, 4) is 0 Å². The van der Waals surface area contributed by atoms with Crippen molar-refractivity contribution in [2.75, 3.05) is 26.8 Å². The quantitative estimate of drug-likeness (QED) is 0.724. The zero-order valence-corrected chi connectivity index (χ0v) is 14.7. The van der Waals surface area contributed by atoms with E-state index in [9.17, 15) is 4.79 Å². The Kier molecular flexibility index (Phi) is 6.84. The number of carbonyl (C=O) groups is 1. The van der Waals surface area contributed by atoms with Crippen LogP contribution in [0.15, 0.2) is 14.3 Å². The van der Waals surface area contributed by atoms with E-state index in [2.05, 4.69) is 45.7 Å². The van der Waals surface area contributed by atoms with Crippen LogP contribution in [0.2, 0.25) is 0 Å². The molecule has 1 aromatic heterocycles. The molecular weight excluding hydrogens is 382 g/mol. The Balaban J connectivity index is 2.80. The molecule has 0 aliphatic carbocycles. The summed E-state index contributed by atoms with van der Waals surface area (Å²) in [5, 5.41) is 0. The molecule has 0 spiro atoms. The molecule has 0 N–H and O–H groups in total. The van der Waals surface area contributed by atoms with Crippen molar-refractivity contribution < 1.29 is 9.53 Å². The number of nitrogens with zero attached hydrogens (tertiary/aromatic N) is 1. The summed E-state index contributed by atoms with van der Waals surface area (Å²) in [5.74, 6) is 0.509. The number of rotatable bonds is 6. The van der Waals surface area contributed by atoms with Crippen molar-refractivity contribution >= 4 is 49.1 Å². The second-order valence-electron chi connectivity index (χ2n) is 4.37. The molecular formula is C12H17Br2NO2S. The molecule has 3 nitrogen and oxygen atoms in total. The molecule has 102 valence electrons. The van der Waals surface area contributed by atoms with Crippen LogP contribution in [0.3, 0.4) is 0 Å². The normalized spacial score (nSPS) is 11.0. The van der Waals surface area contributed by atoms with Crippen LogP contribution in [0.5, 0.6) is 0 Å². The molecule has 0 aliphatic heterocycles. The van der Waals surface area contributed by atoms with Crippen molar-refractivity contribution in [1.29, 1.82) is 0 Å². The Morgan fingerprint density at radius 3 is 2.61 bits per heavy atom. The molecule has 1 aromatic rings. The fourth-order valence-corrected chi connectivity index (χ4v) is 3.53. The molecule has 0 atom stereocenters. The third kappa shape index (κ3) is 4.64. The monoisotopic (exact) mass is 397 g/mol. The predicted octanol–water partition coefficient (Wildman–Crippen LogP) is 4.02. The summed E-state index contributed by atoms with van der Waals surface area (Å²) in [6.07, 6.45) is 0. The topological polar surface area (TPSA) is 29.5 Å². The van der Waals surface area contributed by atoms with Crippen LogP contribution in [0, 0.1) is 5.92 Å². The molecule has 0 radical (unpaired) electrons. The number of ether oxygens (including phenoxy) is 1. The van der Waals surface area contributed by atoms with E-state index in [4.69, 9.17) is 4.74 Å². The van der Waals surface area contributed by atoms with Gasteiger partial charge in [0, 0.05) is 24.7 Å². The molecule has 18 heavy (non-hydrogen) atoms. The predicted molar refractivity (Wildman–Crippen MR) is 82.3 cm³/mol. The van der Waals surface area contributed by atoms with Crippen LogP contribution in [-0.4, -0.2) is 37.6 Å². The van der Waals surface area contributed by atoms with Crippen molar-refractivity contribution in [3.63, 3.8) is 0 Å². The highest BCUT2D eigenvalue weighted by Gasteiger charge is 2.19. The van der Waals surface area contributed by atoms with E-state index in [0.717, 1.165) is 19.7 Å². The van der Waals surface area contributed by atoms with Gasteiger partial charge in [0.15, 0.2) is 0 Å². The fourth-order valence-electron chi connectivity index (χ4n) is 1.53. The van der Waals surface area contributed by atoms with E-state index < -0.39 is 0 Å². The summed E-state index contributed by atoms with van der Waals surface area (Å²) in [4.78, 5) is 15.0. The van der Waals surface area contributed by atoms with Crippen LogP contribution >= 0.6 is 43.2 Å². The molecule has 0 aromatic carbocycles. The van der Waals surface area contributed by atoms with Gasteiger partial charge in [-0.1, -0.05) is 13.8 Å². The first kappa shape index (κ1) is 16.1. The number of methoxy groups -OCH3 is 1. The van der Waals surface area contributed by atoms with E-state index >= 15 is 0 Å². The number of amides is 1. The lowest BCUT2D eigenvalue weighted by atomic mass is 10.2. The van der Waals surface area contributed by atoms with E-state index in [1.165, 1.54) is 11.3 Å². The van der Waals surface area contributed by atoms with Gasteiger partial charge in [-0.25, -0.2) is 0 Å².